The molecule has 0 atom stereocenters. The van der Waals surface area contributed by atoms with E-state index in [9.17, 15) is 5.11 Å². The molecule has 1 N–H and O–H groups in total. The molecule has 1 heterocycles. The van der Waals surface area contributed by atoms with E-state index in [-0.39, 0.29) is 6.61 Å². The fourth-order valence-electron chi connectivity index (χ4n) is 2.62. The monoisotopic (exact) mass is 267 g/mol. The highest BCUT2D eigenvalue weighted by Crippen LogP contribution is 2.25. The topological polar surface area (TPSA) is 50.9 Å². The summed E-state index contributed by atoms with van der Waals surface area (Å²) in [6, 6.07) is 0. The zero-order chi connectivity index (χ0) is 14.1. The molecule has 0 spiro atoms. The van der Waals surface area contributed by atoms with Gasteiger partial charge in [0.25, 0.3) is 0 Å². The zero-order valence-corrected chi connectivity index (χ0v) is 12.7. The van der Waals surface area contributed by atoms with Crippen molar-refractivity contribution in [3.63, 3.8) is 0 Å². The predicted octanol–water partition coefficient (Wildman–Crippen LogP) is 3.64. The summed E-state index contributed by atoms with van der Waals surface area (Å²) in [7, 11) is 0. The highest BCUT2D eigenvalue weighted by molar-refractivity contribution is 5.14. The SMILES string of the molecule is CCCCCCCn1nnc(CO)c1C(CC)CC. The molecular formula is C15H29N3O. The quantitative estimate of drug-likeness (QED) is 0.658. The first kappa shape index (κ1) is 16.2. The van der Waals surface area contributed by atoms with Crippen molar-refractivity contribution < 1.29 is 5.11 Å². The maximum atomic E-state index is 9.40. The third kappa shape index (κ3) is 4.60. The van der Waals surface area contributed by atoms with Crippen molar-refractivity contribution in [2.24, 2.45) is 0 Å². The predicted molar refractivity (Wildman–Crippen MR) is 78.0 cm³/mol. The van der Waals surface area contributed by atoms with Gasteiger partial charge in [0.05, 0.1) is 12.3 Å². The van der Waals surface area contributed by atoms with Crippen molar-refractivity contribution in [2.75, 3.05) is 0 Å². The van der Waals surface area contributed by atoms with Crippen molar-refractivity contribution in [1.82, 2.24) is 15.0 Å². The lowest BCUT2D eigenvalue weighted by Gasteiger charge is -2.15. The molecule has 4 heteroatoms. The van der Waals surface area contributed by atoms with Gasteiger partial charge in [-0.25, -0.2) is 4.68 Å². The number of rotatable bonds is 10. The first-order chi connectivity index (χ1) is 9.28. The van der Waals surface area contributed by atoms with Crippen LogP contribution in [0.1, 0.15) is 83.0 Å². The lowest BCUT2D eigenvalue weighted by molar-refractivity contribution is 0.274. The van der Waals surface area contributed by atoms with Gasteiger partial charge in [-0.1, -0.05) is 51.7 Å². The molecule has 0 aliphatic rings. The molecule has 0 saturated carbocycles. The van der Waals surface area contributed by atoms with E-state index in [1.165, 1.54) is 25.7 Å². The number of aryl methyl sites for hydroxylation is 1. The summed E-state index contributed by atoms with van der Waals surface area (Å²) in [5.74, 6) is 0.466. The van der Waals surface area contributed by atoms with Crippen LogP contribution >= 0.6 is 0 Å². The van der Waals surface area contributed by atoms with Crippen molar-refractivity contribution in [3.05, 3.63) is 11.4 Å². The fourth-order valence-corrected chi connectivity index (χ4v) is 2.62. The molecule has 0 saturated heterocycles. The maximum Gasteiger partial charge on any atom is 0.112 e. The summed E-state index contributed by atoms with van der Waals surface area (Å²) in [6.45, 7) is 7.54. The normalized spacial score (nSPS) is 11.4. The third-order valence-electron chi connectivity index (χ3n) is 3.84. The van der Waals surface area contributed by atoms with Crippen LogP contribution in [0.2, 0.25) is 0 Å². The van der Waals surface area contributed by atoms with E-state index in [1.54, 1.807) is 0 Å². The van der Waals surface area contributed by atoms with Crippen LogP contribution in [0.3, 0.4) is 0 Å². The summed E-state index contributed by atoms with van der Waals surface area (Å²) < 4.78 is 2.02. The lowest BCUT2D eigenvalue weighted by atomic mass is 9.97. The molecule has 0 radical (unpaired) electrons. The third-order valence-corrected chi connectivity index (χ3v) is 3.84. The zero-order valence-electron chi connectivity index (χ0n) is 12.7. The molecule has 19 heavy (non-hydrogen) atoms. The molecule has 0 aromatic carbocycles. The highest BCUT2D eigenvalue weighted by Gasteiger charge is 2.19. The van der Waals surface area contributed by atoms with Gasteiger partial charge in [0.1, 0.15) is 5.69 Å². The molecule has 0 aliphatic heterocycles. The van der Waals surface area contributed by atoms with Crippen LogP contribution in [0.25, 0.3) is 0 Å². The van der Waals surface area contributed by atoms with Crippen LogP contribution in [-0.2, 0) is 13.2 Å². The second-order valence-electron chi connectivity index (χ2n) is 5.23. The molecular weight excluding hydrogens is 238 g/mol. The molecule has 1 aromatic rings. The summed E-state index contributed by atoms with van der Waals surface area (Å²) >= 11 is 0. The molecule has 110 valence electrons. The summed E-state index contributed by atoms with van der Waals surface area (Å²) in [5, 5.41) is 17.8. The molecule has 0 fully saturated rings. The number of nitrogens with zero attached hydrogens (tertiary/aromatic N) is 3. The number of unbranched alkanes of at least 4 members (excludes halogenated alkanes) is 4. The van der Waals surface area contributed by atoms with E-state index >= 15 is 0 Å². The smallest absolute Gasteiger partial charge is 0.112 e. The Balaban J connectivity index is 2.64. The first-order valence-electron chi connectivity index (χ1n) is 7.81. The summed E-state index contributed by atoms with van der Waals surface area (Å²) in [4.78, 5) is 0. The van der Waals surface area contributed by atoms with E-state index < -0.39 is 0 Å². The van der Waals surface area contributed by atoms with Gasteiger partial charge < -0.3 is 5.11 Å². The number of hydrogen-bond acceptors (Lipinski definition) is 3. The average Bonchev–Trinajstić information content (AvgIpc) is 2.83. The van der Waals surface area contributed by atoms with Crippen molar-refractivity contribution in [1.29, 1.82) is 0 Å². The number of hydrogen-bond donors (Lipinski definition) is 1. The van der Waals surface area contributed by atoms with Crippen LogP contribution in [0.4, 0.5) is 0 Å². The van der Waals surface area contributed by atoms with Gasteiger partial charge in [-0.05, 0) is 19.3 Å². The van der Waals surface area contributed by atoms with Gasteiger partial charge in [-0.15, -0.1) is 5.10 Å². The van der Waals surface area contributed by atoms with Crippen LogP contribution in [0.5, 0.6) is 0 Å². The molecule has 0 unspecified atom stereocenters. The number of aromatic nitrogens is 3. The molecule has 1 rings (SSSR count). The molecule has 0 bridgehead atoms. The second kappa shape index (κ2) is 9.08. The molecule has 0 aliphatic carbocycles. The Morgan fingerprint density at radius 3 is 2.32 bits per heavy atom. The Labute approximate surface area is 117 Å². The van der Waals surface area contributed by atoms with Gasteiger partial charge in [-0.3, -0.25) is 0 Å². The minimum Gasteiger partial charge on any atom is -0.390 e. The first-order valence-corrected chi connectivity index (χ1v) is 7.81. The molecule has 4 nitrogen and oxygen atoms in total. The Morgan fingerprint density at radius 2 is 1.74 bits per heavy atom. The maximum absolute atomic E-state index is 9.40. The minimum absolute atomic E-state index is 0.00165. The Bertz CT molecular complexity index is 345. The van der Waals surface area contributed by atoms with E-state index in [1.807, 2.05) is 4.68 Å². The Morgan fingerprint density at radius 1 is 1.05 bits per heavy atom. The summed E-state index contributed by atoms with van der Waals surface area (Å²) in [5.41, 5.74) is 1.92. The average molecular weight is 267 g/mol. The van der Waals surface area contributed by atoms with E-state index in [2.05, 4.69) is 31.1 Å². The van der Waals surface area contributed by atoms with Crippen molar-refractivity contribution in [2.45, 2.75) is 84.8 Å². The van der Waals surface area contributed by atoms with E-state index in [0.29, 0.717) is 5.92 Å². The largest absolute Gasteiger partial charge is 0.390 e. The summed E-state index contributed by atoms with van der Waals surface area (Å²) in [6.07, 6.45) is 8.46. The van der Waals surface area contributed by atoms with E-state index in [0.717, 1.165) is 37.2 Å². The highest BCUT2D eigenvalue weighted by atomic mass is 16.3. The van der Waals surface area contributed by atoms with Gasteiger partial charge in [-0.2, -0.15) is 0 Å². The molecule has 1 aromatic heterocycles. The van der Waals surface area contributed by atoms with Crippen molar-refractivity contribution >= 4 is 0 Å². The fraction of sp³-hybridized carbons (Fsp3) is 0.867. The van der Waals surface area contributed by atoms with Crippen molar-refractivity contribution in [3.8, 4) is 0 Å². The Kier molecular flexibility index (Phi) is 7.72. The van der Waals surface area contributed by atoms with Gasteiger partial charge in [0.15, 0.2) is 0 Å². The second-order valence-corrected chi connectivity index (χ2v) is 5.23. The minimum atomic E-state index is 0.00165. The lowest BCUT2D eigenvalue weighted by Crippen LogP contribution is -2.11. The van der Waals surface area contributed by atoms with Gasteiger partial charge >= 0.3 is 0 Å². The van der Waals surface area contributed by atoms with Crippen LogP contribution in [0, 0.1) is 0 Å². The standard InChI is InChI=1S/C15H29N3O/c1-4-7-8-9-10-11-18-15(13(5-2)6-3)14(12-19)16-17-18/h13,19H,4-12H2,1-3H3. The molecule has 0 amide bonds. The van der Waals surface area contributed by atoms with Gasteiger partial charge in [0.2, 0.25) is 0 Å². The van der Waals surface area contributed by atoms with E-state index in [4.69, 9.17) is 0 Å². The van der Waals surface area contributed by atoms with Crippen LogP contribution in [-0.4, -0.2) is 20.1 Å². The Hall–Kier alpha value is -0.900. The van der Waals surface area contributed by atoms with Gasteiger partial charge in [0, 0.05) is 12.5 Å². The van der Waals surface area contributed by atoms with Crippen LogP contribution in [0.15, 0.2) is 0 Å². The number of aliphatic hydroxyl groups is 1. The number of aliphatic hydroxyl groups excluding tert-OH is 1. The van der Waals surface area contributed by atoms with Crippen LogP contribution < -0.4 is 0 Å².